The first kappa shape index (κ1) is 11.0. The Bertz CT molecular complexity index is 131. The van der Waals surface area contributed by atoms with E-state index in [-0.39, 0.29) is 24.7 Å². The Morgan fingerprint density at radius 1 is 1.00 bits per heavy atom. The van der Waals surface area contributed by atoms with E-state index in [0.717, 1.165) is 38.5 Å². The van der Waals surface area contributed by atoms with Gasteiger partial charge in [-0.2, -0.15) is 0 Å². The van der Waals surface area contributed by atoms with E-state index in [9.17, 15) is 5.11 Å². The van der Waals surface area contributed by atoms with Crippen molar-refractivity contribution in [3.8, 4) is 0 Å². The van der Waals surface area contributed by atoms with Gasteiger partial charge in [-0.05, 0) is 43.9 Å². The molecule has 13 heavy (non-hydrogen) atoms. The fourth-order valence-electron chi connectivity index (χ4n) is 2.31. The monoisotopic (exact) mass is 188 g/mol. The predicted molar refractivity (Wildman–Crippen MR) is 50.3 cm³/mol. The Morgan fingerprint density at radius 3 is 1.85 bits per heavy atom. The summed E-state index contributed by atoms with van der Waals surface area (Å²) in [6.45, 7) is 0.381. The third-order valence-electron chi connectivity index (χ3n) is 3.30. The van der Waals surface area contributed by atoms with Gasteiger partial charge in [-0.1, -0.05) is 0 Å². The fraction of sp³-hybridized carbons (Fsp3) is 1.00. The van der Waals surface area contributed by atoms with Gasteiger partial charge in [0, 0.05) is 13.2 Å². The van der Waals surface area contributed by atoms with E-state index in [1.165, 1.54) is 0 Å². The molecule has 1 aliphatic carbocycles. The second-order valence-corrected chi connectivity index (χ2v) is 4.18. The quantitative estimate of drug-likeness (QED) is 0.608. The summed E-state index contributed by atoms with van der Waals surface area (Å²) in [6.07, 6.45) is 4.89. The van der Waals surface area contributed by atoms with E-state index in [1.54, 1.807) is 0 Å². The van der Waals surface area contributed by atoms with Crippen molar-refractivity contribution in [2.75, 3.05) is 13.2 Å². The van der Waals surface area contributed by atoms with E-state index >= 15 is 0 Å². The van der Waals surface area contributed by atoms with Crippen molar-refractivity contribution in [3.05, 3.63) is 0 Å². The molecule has 3 nitrogen and oxygen atoms in total. The average Bonchev–Trinajstić information content (AvgIpc) is 2.11. The summed E-state index contributed by atoms with van der Waals surface area (Å²) in [4.78, 5) is 0. The van der Waals surface area contributed by atoms with Crippen LogP contribution in [0.3, 0.4) is 0 Å². The lowest BCUT2D eigenvalue weighted by molar-refractivity contribution is 0.0304. The van der Waals surface area contributed by atoms with Crippen molar-refractivity contribution in [2.45, 2.75) is 44.6 Å². The van der Waals surface area contributed by atoms with Crippen molar-refractivity contribution in [1.82, 2.24) is 0 Å². The van der Waals surface area contributed by atoms with Crippen LogP contribution in [0.1, 0.15) is 38.5 Å². The molecule has 1 rings (SSSR count). The van der Waals surface area contributed by atoms with Gasteiger partial charge in [-0.15, -0.1) is 0 Å². The van der Waals surface area contributed by atoms with Crippen LogP contribution in [0.5, 0.6) is 0 Å². The number of aliphatic hydroxyl groups excluding tert-OH is 3. The maximum atomic E-state index is 9.35. The summed E-state index contributed by atoms with van der Waals surface area (Å²) in [5.74, 6) is 0. The molecule has 0 aromatic carbocycles. The highest BCUT2D eigenvalue weighted by Gasteiger charge is 2.33. The first-order valence-electron chi connectivity index (χ1n) is 5.12. The Kier molecular flexibility index (Phi) is 4.16. The highest BCUT2D eigenvalue weighted by atomic mass is 16.3. The Hall–Kier alpha value is -0.120. The molecule has 0 amide bonds. The Balaban J connectivity index is 2.47. The van der Waals surface area contributed by atoms with Crippen LogP contribution in [0.2, 0.25) is 0 Å². The molecule has 0 atom stereocenters. The molecule has 78 valence electrons. The molecule has 0 spiro atoms. The maximum absolute atomic E-state index is 9.35. The molecule has 3 heteroatoms. The number of hydrogen-bond donors (Lipinski definition) is 3. The van der Waals surface area contributed by atoms with Crippen molar-refractivity contribution in [3.63, 3.8) is 0 Å². The van der Waals surface area contributed by atoms with Crippen LogP contribution in [0.25, 0.3) is 0 Å². The molecule has 0 heterocycles. The number of hydrogen-bond acceptors (Lipinski definition) is 3. The van der Waals surface area contributed by atoms with Crippen LogP contribution in [0, 0.1) is 5.41 Å². The van der Waals surface area contributed by atoms with Gasteiger partial charge in [0.15, 0.2) is 0 Å². The Labute approximate surface area is 79.4 Å². The molecule has 1 fully saturated rings. The zero-order chi connectivity index (χ0) is 9.73. The molecule has 0 aromatic heterocycles. The van der Waals surface area contributed by atoms with Crippen LogP contribution >= 0.6 is 0 Å². The second-order valence-electron chi connectivity index (χ2n) is 4.18. The molecule has 3 N–H and O–H groups in total. The highest BCUT2D eigenvalue weighted by molar-refractivity contribution is 4.85. The summed E-state index contributed by atoms with van der Waals surface area (Å²) in [5.41, 5.74) is 0.0999. The third-order valence-corrected chi connectivity index (χ3v) is 3.30. The fourth-order valence-corrected chi connectivity index (χ4v) is 2.31. The third kappa shape index (κ3) is 2.93. The molecular weight excluding hydrogens is 168 g/mol. The van der Waals surface area contributed by atoms with Gasteiger partial charge in [0.05, 0.1) is 6.10 Å². The molecule has 0 aliphatic heterocycles. The van der Waals surface area contributed by atoms with Crippen LogP contribution in [-0.2, 0) is 0 Å². The minimum atomic E-state index is -0.162. The smallest absolute Gasteiger partial charge is 0.0540 e. The summed E-state index contributed by atoms with van der Waals surface area (Å²) in [5, 5.41) is 27.2. The van der Waals surface area contributed by atoms with Crippen molar-refractivity contribution < 1.29 is 15.3 Å². The largest absolute Gasteiger partial charge is 0.396 e. The van der Waals surface area contributed by atoms with Crippen molar-refractivity contribution >= 4 is 0 Å². The minimum Gasteiger partial charge on any atom is -0.396 e. The van der Waals surface area contributed by atoms with E-state index in [4.69, 9.17) is 10.2 Å². The molecule has 0 unspecified atom stereocenters. The molecule has 0 radical (unpaired) electrons. The molecule has 0 bridgehead atoms. The first-order chi connectivity index (χ1) is 6.22. The predicted octanol–water partition coefficient (Wildman–Crippen LogP) is 0.672. The van der Waals surface area contributed by atoms with Crippen LogP contribution in [0.4, 0.5) is 0 Å². The lowest BCUT2D eigenvalue weighted by atomic mass is 9.69. The zero-order valence-electron chi connectivity index (χ0n) is 8.08. The van der Waals surface area contributed by atoms with Gasteiger partial charge >= 0.3 is 0 Å². The highest BCUT2D eigenvalue weighted by Crippen LogP contribution is 2.41. The van der Waals surface area contributed by atoms with Crippen LogP contribution < -0.4 is 0 Å². The first-order valence-corrected chi connectivity index (χ1v) is 5.12. The van der Waals surface area contributed by atoms with Gasteiger partial charge in [0.2, 0.25) is 0 Å². The lowest BCUT2D eigenvalue weighted by Gasteiger charge is -2.38. The van der Waals surface area contributed by atoms with Gasteiger partial charge in [0.1, 0.15) is 0 Å². The van der Waals surface area contributed by atoms with Crippen molar-refractivity contribution in [1.29, 1.82) is 0 Å². The summed E-state index contributed by atoms with van der Waals surface area (Å²) in [7, 11) is 0. The topological polar surface area (TPSA) is 60.7 Å². The van der Waals surface area contributed by atoms with Crippen molar-refractivity contribution in [2.24, 2.45) is 5.41 Å². The minimum absolute atomic E-state index is 0.0999. The maximum Gasteiger partial charge on any atom is 0.0540 e. The lowest BCUT2D eigenvalue weighted by Crippen LogP contribution is -2.31. The summed E-state index contributed by atoms with van der Waals surface area (Å²) >= 11 is 0. The molecule has 1 saturated carbocycles. The van der Waals surface area contributed by atoms with Gasteiger partial charge < -0.3 is 15.3 Å². The molecule has 1 aliphatic rings. The number of aliphatic hydroxyl groups is 3. The Morgan fingerprint density at radius 2 is 1.46 bits per heavy atom. The molecule has 0 aromatic rings. The SMILES string of the molecule is OCCC1(CCO)CCC(O)CC1. The average molecular weight is 188 g/mol. The van der Waals surface area contributed by atoms with Crippen LogP contribution in [-0.4, -0.2) is 34.6 Å². The van der Waals surface area contributed by atoms with E-state index in [2.05, 4.69) is 0 Å². The number of rotatable bonds is 4. The van der Waals surface area contributed by atoms with Gasteiger partial charge in [-0.3, -0.25) is 0 Å². The van der Waals surface area contributed by atoms with E-state index < -0.39 is 0 Å². The normalized spacial score (nSPS) is 23.3. The van der Waals surface area contributed by atoms with Crippen LogP contribution in [0.15, 0.2) is 0 Å². The molecule has 0 saturated heterocycles. The standard InChI is InChI=1S/C10H20O3/c11-7-5-10(6-8-12)3-1-9(13)2-4-10/h9,11-13H,1-8H2. The van der Waals surface area contributed by atoms with E-state index in [0.29, 0.717) is 0 Å². The molecular formula is C10H20O3. The van der Waals surface area contributed by atoms with E-state index in [1.807, 2.05) is 0 Å². The summed E-state index contributed by atoms with van der Waals surface area (Å²) in [6, 6.07) is 0. The van der Waals surface area contributed by atoms with Gasteiger partial charge in [-0.25, -0.2) is 0 Å². The zero-order valence-corrected chi connectivity index (χ0v) is 8.08. The summed E-state index contributed by atoms with van der Waals surface area (Å²) < 4.78 is 0. The second kappa shape index (κ2) is 4.94. The van der Waals surface area contributed by atoms with Gasteiger partial charge in [0.25, 0.3) is 0 Å².